The summed E-state index contributed by atoms with van der Waals surface area (Å²) in [6.07, 6.45) is 3.60. The van der Waals surface area contributed by atoms with Crippen molar-refractivity contribution in [2.24, 2.45) is 5.92 Å². The quantitative estimate of drug-likeness (QED) is 0.786. The molecule has 0 radical (unpaired) electrons. The van der Waals surface area contributed by atoms with Gasteiger partial charge in [-0.05, 0) is 56.4 Å². The van der Waals surface area contributed by atoms with Gasteiger partial charge in [0.25, 0.3) is 0 Å². The number of ether oxygens (including phenoxy) is 1. The molecule has 0 unspecified atom stereocenters. The molecule has 2 fully saturated rings. The van der Waals surface area contributed by atoms with Crippen molar-refractivity contribution in [2.45, 2.75) is 43.7 Å². The van der Waals surface area contributed by atoms with Gasteiger partial charge in [0.1, 0.15) is 11.4 Å². The van der Waals surface area contributed by atoms with Crippen molar-refractivity contribution in [2.75, 3.05) is 18.0 Å². The van der Waals surface area contributed by atoms with E-state index in [1.807, 2.05) is 30.3 Å². The number of hydrogen-bond donors (Lipinski definition) is 1. The van der Waals surface area contributed by atoms with E-state index in [0.717, 1.165) is 24.2 Å². The summed E-state index contributed by atoms with van der Waals surface area (Å²) < 4.78 is 19.3. The lowest BCUT2D eigenvalue weighted by Crippen LogP contribution is -2.43. The Balaban J connectivity index is 1.18. The summed E-state index contributed by atoms with van der Waals surface area (Å²) in [7, 11) is 0. The number of carbonyl (C=O) groups excluding carboxylic acids is 2. The molecule has 5 rings (SSSR count). The number of hydrogen-bond acceptors (Lipinski definition) is 4. The number of nitrogens with one attached hydrogen (secondary N) is 1. The minimum absolute atomic E-state index is 0.0645. The first-order valence-corrected chi connectivity index (χ1v) is 10.7. The van der Waals surface area contributed by atoms with E-state index in [1.54, 1.807) is 6.07 Å². The highest BCUT2D eigenvalue weighted by molar-refractivity contribution is 5.94. The van der Waals surface area contributed by atoms with Gasteiger partial charge in [0, 0.05) is 36.3 Å². The highest BCUT2D eigenvalue weighted by Gasteiger charge is 2.48. The molecule has 1 spiro atoms. The number of amides is 1. The van der Waals surface area contributed by atoms with Crippen LogP contribution < -0.4 is 10.2 Å². The number of benzene rings is 2. The first-order chi connectivity index (χ1) is 14.5. The molecule has 0 bridgehead atoms. The summed E-state index contributed by atoms with van der Waals surface area (Å²) in [5, 5.41) is 3.19. The fourth-order valence-electron chi connectivity index (χ4n) is 5.17. The van der Waals surface area contributed by atoms with E-state index in [4.69, 9.17) is 4.74 Å². The summed E-state index contributed by atoms with van der Waals surface area (Å²) >= 11 is 0. The first kappa shape index (κ1) is 19.1. The average molecular weight is 408 g/mol. The lowest BCUT2D eigenvalue weighted by Gasteiger charge is -2.36. The summed E-state index contributed by atoms with van der Waals surface area (Å²) in [5.74, 6) is -0.485. The topological polar surface area (TPSA) is 58.6 Å². The van der Waals surface area contributed by atoms with Crippen LogP contribution in [0.5, 0.6) is 0 Å². The molecule has 156 valence electrons. The second-order valence-electron chi connectivity index (χ2n) is 8.62. The lowest BCUT2D eigenvalue weighted by atomic mass is 9.74. The second kappa shape index (κ2) is 7.42. The molecule has 1 atom stereocenters. The van der Waals surface area contributed by atoms with E-state index in [-0.39, 0.29) is 29.7 Å². The smallest absolute Gasteiger partial charge is 0.339 e. The molecule has 5 nitrogen and oxygen atoms in total. The Bertz CT molecular complexity index is 984. The van der Waals surface area contributed by atoms with Crippen LogP contribution in [0.25, 0.3) is 0 Å². The number of rotatable bonds is 3. The Morgan fingerprint density at radius 3 is 2.70 bits per heavy atom. The van der Waals surface area contributed by atoms with Crippen LogP contribution in [0.1, 0.15) is 48.0 Å². The van der Waals surface area contributed by atoms with E-state index in [0.29, 0.717) is 37.8 Å². The largest absolute Gasteiger partial charge is 0.451 e. The zero-order valence-electron chi connectivity index (χ0n) is 16.8. The molecule has 6 heteroatoms. The number of nitrogens with zero attached hydrogens (tertiary/aromatic N) is 1. The van der Waals surface area contributed by atoms with E-state index in [1.165, 1.54) is 12.1 Å². The van der Waals surface area contributed by atoms with Gasteiger partial charge >= 0.3 is 5.97 Å². The average Bonchev–Trinajstić information content (AvgIpc) is 3.32. The minimum Gasteiger partial charge on any atom is -0.451 e. The zero-order chi connectivity index (χ0) is 20.7. The molecule has 3 aliphatic rings. The summed E-state index contributed by atoms with van der Waals surface area (Å²) in [4.78, 5) is 27.2. The molecule has 30 heavy (non-hydrogen) atoms. The molecule has 1 aliphatic carbocycles. The number of anilines is 1. The Kier molecular flexibility index (Phi) is 4.72. The highest BCUT2D eigenvalue weighted by atomic mass is 19.1. The third-order valence-electron chi connectivity index (χ3n) is 6.80. The number of carbonyl (C=O) groups is 2. The molecule has 0 aromatic heterocycles. The fraction of sp³-hybridized carbons (Fsp3) is 0.417. The van der Waals surface area contributed by atoms with Crippen molar-refractivity contribution in [3.8, 4) is 0 Å². The lowest BCUT2D eigenvalue weighted by molar-refractivity contribution is -0.128. The van der Waals surface area contributed by atoms with Crippen LogP contribution >= 0.6 is 0 Å². The normalized spacial score (nSPS) is 27.8. The Labute approximate surface area is 175 Å². The van der Waals surface area contributed by atoms with Crippen molar-refractivity contribution < 1.29 is 18.7 Å². The van der Waals surface area contributed by atoms with Crippen molar-refractivity contribution >= 4 is 17.6 Å². The Morgan fingerprint density at radius 1 is 1.10 bits per heavy atom. The molecular formula is C24H25FN2O3. The molecule has 2 aromatic carbocycles. The third kappa shape index (κ3) is 3.34. The van der Waals surface area contributed by atoms with Crippen molar-refractivity contribution in [3.05, 3.63) is 65.5 Å². The van der Waals surface area contributed by atoms with Crippen LogP contribution in [-0.2, 0) is 15.1 Å². The van der Waals surface area contributed by atoms with Gasteiger partial charge in [0.05, 0.1) is 5.56 Å². The molecule has 2 heterocycles. The van der Waals surface area contributed by atoms with Gasteiger partial charge < -0.3 is 15.0 Å². The van der Waals surface area contributed by atoms with Crippen molar-refractivity contribution in [1.29, 1.82) is 0 Å². The van der Waals surface area contributed by atoms with Crippen LogP contribution in [0.4, 0.5) is 10.1 Å². The number of esters is 1. The SMILES string of the molecule is O=C1O[C@]2(CC[C@H](C(=O)N[C@H]3CCN(c4cccc(F)c4)C3)CC2)c2ccccc21. The maximum absolute atomic E-state index is 13.5. The molecule has 1 N–H and O–H groups in total. The van der Waals surface area contributed by atoms with Gasteiger partial charge in [-0.15, -0.1) is 0 Å². The maximum atomic E-state index is 13.5. The van der Waals surface area contributed by atoms with E-state index in [9.17, 15) is 14.0 Å². The number of halogens is 1. The number of fused-ring (bicyclic) bond motifs is 2. The molecule has 1 saturated heterocycles. The van der Waals surface area contributed by atoms with Crippen LogP contribution in [0.2, 0.25) is 0 Å². The van der Waals surface area contributed by atoms with Gasteiger partial charge in [-0.2, -0.15) is 0 Å². The van der Waals surface area contributed by atoms with Gasteiger partial charge in [0.2, 0.25) is 5.91 Å². The van der Waals surface area contributed by atoms with Gasteiger partial charge in [0.15, 0.2) is 0 Å². The summed E-state index contributed by atoms with van der Waals surface area (Å²) in [5.41, 5.74) is 1.92. The Hall–Kier alpha value is -2.89. The fourth-order valence-corrected chi connectivity index (χ4v) is 5.17. The zero-order valence-corrected chi connectivity index (χ0v) is 16.8. The van der Waals surface area contributed by atoms with Gasteiger partial charge in [-0.3, -0.25) is 4.79 Å². The van der Waals surface area contributed by atoms with Crippen LogP contribution in [-0.4, -0.2) is 31.0 Å². The van der Waals surface area contributed by atoms with E-state index >= 15 is 0 Å². The summed E-state index contributed by atoms with van der Waals surface area (Å²) in [6.45, 7) is 1.49. The predicted molar refractivity (Wildman–Crippen MR) is 111 cm³/mol. The van der Waals surface area contributed by atoms with E-state index < -0.39 is 5.60 Å². The monoisotopic (exact) mass is 408 g/mol. The highest BCUT2D eigenvalue weighted by Crippen LogP contribution is 2.48. The van der Waals surface area contributed by atoms with Crippen LogP contribution in [0.15, 0.2) is 48.5 Å². The van der Waals surface area contributed by atoms with Crippen LogP contribution in [0, 0.1) is 11.7 Å². The van der Waals surface area contributed by atoms with Crippen LogP contribution in [0.3, 0.4) is 0 Å². The van der Waals surface area contributed by atoms with Gasteiger partial charge in [-0.25, -0.2) is 9.18 Å². The Morgan fingerprint density at radius 2 is 1.90 bits per heavy atom. The van der Waals surface area contributed by atoms with Crippen molar-refractivity contribution in [3.63, 3.8) is 0 Å². The molecule has 1 amide bonds. The standard InChI is InChI=1S/C24H25FN2O3/c25-17-4-3-5-19(14-17)27-13-10-18(15-27)26-22(28)16-8-11-24(12-9-16)21-7-2-1-6-20(21)23(29)30-24/h1-7,14,16,18H,8-13,15H2,(H,26,28)/t16-,18-,24-/m0/s1. The summed E-state index contributed by atoms with van der Waals surface area (Å²) in [6, 6.07) is 14.2. The minimum atomic E-state index is -0.563. The third-order valence-corrected chi connectivity index (χ3v) is 6.80. The van der Waals surface area contributed by atoms with E-state index in [2.05, 4.69) is 10.2 Å². The van der Waals surface area contributed by atoms with Gasteiger partial charge in [-0.1, -0.05) is 24.3 Å². The first-order valence-electron chi connectivity index (χ1n) is 10.7. The maximum Gasteiger partial charge on any atom is 0.339 e. The molecular weight excluding hydrogens is 383 g/mol. The second-order valence-corrected chi connectivity index (χ2v) is 8.62. The molecule has 2 aliphatic heterocycles. The molecule has 2 aromatic rings. The van der Waals surface area contributed by atoms with Crippen molar-refractivity contribution in [1.82, 2.24) is 5.32 Å². The predicted octanol–water partition coefficient (Wildman–Crippen LogP) is 3.78. The molecule has 1 saturated carbocycles.